The molecule has 0 bridgehead atoms. The molecule has 120 valence electrons. The second kappa shape index (κ2) is 6.87. The van der Waals surface area contributed by atoms with Gasteiger partial charge < -0.3 is 10.6 Å². The second-order valence-corrected chi connectivity index (χ2v) is 7.35. The van der Waals surface area contributed by atoms with E-state index in [1.54, 1.807) is 6.92 Å². The van der Waals surface area contributed by atoms with Crippen molar-refractivity contribution in [2.24, 2.45) is 5.73 Å². The van der Waals surface area contributed by atoms with Gasteiger partial charge in [-0.3, -0.25) is 5.10 Å². The number of hydrogen-bond acceptors (Lipinski definition) is 5. The number of hydrogen-bond donors (Lipinski definition) is 3. The van der Waals surface area contributed by atoms with Gasteiger partial charge in [0.05, 0.1) is 0 Å². The highest BCUT2D eigenvalue weighted by atomic mass is 32.2. The third-order valence-corrected chi connectivity index (χ3v) is 5.39. The second-order valence-electron chi connectivity index (χ2n) is 5.72. The summed E-state index contributed by atoms with van der Waals surface area (Å²) >= 11 is 0. The average molecular weight is 315 g/mol. The molecule has 0 aromatic carbocycles. The molecule has 7 nitrogen and oxygen atoms in total. The number of rotatable bonds is 6. The van der Waals surface area contributed by atoms with Gasteiger partial charge in [0.1, 0.15) is 0 Å². The molecular weight excluding hydrogens is 290 g/mol. The number of aromatic amines is 1. The van der Waals surface area contributed by atoms with Gasteiger partial charge in [-0.05, 0) is 39.8 Å². The first-order chi connectivity index (χ1) is 9.94. The number of likely N-dealkylation sites (tertiary alicyclic amines) is 1. The lowest BCUT2D eigenvalue weighted by molar-refractivity contribution is 0.215. The Labute approximate surface area is 126 Å². The molecule has 1 fully saturated rings. The molecule has 0 aliphatic carbocycles. The van der Waals surface area contributed by atoms with E-state index in [1.807, 2.05) is 6.92 Å². The van der Waals surface area contributed by atoms with Crippen LogP contribution in [0, 0.1) is 6.92 Å². The molecule has 1 atom stereocenters. The molecular formula is C13H25N5O2S. The van der Waals surface area contributed by atoms with Crippen LogP contribution in [0.3, 0.4) is 0 Å². The molecule has 0 radical (unpaired) electrons. The highest BCUT2D eigenvalue weighted by Crippen LogP contribution is 2.16. The number of H-pyrrole nitrogens is 1. The minimum atomic E-state index is -3.63. The lowest BCUT2D eigenvalue weighted by Gasteiger charge is -2.29. The summed E-state index contributed by atoms with van der Waals surface area (Å²) in [5, 5.41) is 6.60. The van der Waals surface area contributed by atoms with Crippen LogP contribution in [0.5, 0.6) is 0 Å². The van der Waals surface area contributed by atoms with E-state index < -0.39 is 10.0 Å². The van der Waals surface area contributed by atoms with Gasteiger partial charge >= 0.3 is 0 Å². The Balaban J connectivity index is 2.02. The summed E-state index contributed by atoms with van der Waals surface area (Å²) in [6.45, 7) is 6.61. The van der Waals surface area contributed by atoms with Crippen molar-refractivity contribution in [2.45, 2.75) is 50.7 Å². The van der Waals surface area contributed by atoms with Crippen LogP contribution < -0.4 is 10.5 Å². The first-order valence-corrected chi connectivity index (χ1v) is 8.91. The molecule has 0 spiro atoms. The number of nitrogens with two attached hydrogens (primary N) is 1. The van der Waals surface area contributed by atoms with Crippen molar-refractivity contribution in [3.63, 3.8) is 0 Å². The van der Waals surface area contributed by atoms with E-state index in [4.69, 9.17) is 5.73 Å². The van der Waals surface area contributed by atoms with Crippen LogP contribution in [0.2, 0.25) is 0 Å². The Kier molecular flexibility index (Phi) is 5.37. The summed E-state index contributed by atoms with van der Waals surface area (Å²) in [4.78, 5) is 2.30. The lowest BCUT2D eigenvalue weighted by Crippen LogP contribution is -2.43. The Bertz CT molecular complexity index is 563. The molecule has 1 aromatic heterocycles. The monoisotopic (exact) mass is 315 g/mol. The molecule has 2 heterocycles. The standard InChI is InChI=1S/C13H25N5O2S/c1-10(9-18-6-4-3-5-7-18)17-21(19,20)13-12(8-14)11(2)15-16-13/h10,17H,3-9,14H2,1-2H3,(H,15,16). The number of piperidine rings is 1. The summed E-state index contributed by atoms with van der Waals surface area (Å²) in [7, 11) is -3.63. The molecule has 0 saturated carbocycles. The van der Waals surface area contributed by atoms with Crippen LogP contribution in [-0.2, 0) is 16.6 Å². The number of aryl methyl sites for hydroxylation is 1. The fourth-order valence-electron chi connectivity index (χ4n) is 2.78. The van der Waals surface area contributed by atoms with E-state index in [9.17, 15) is 8.42 Å². The first-order valence-electron chi connectivity index (χ1n) is 7.42. The lowest BCUT2D eigenvalue weighted by atomic mass is 10.1. The smallest absolute Gasteiger partial charge is 0.260 e. The number of sulfonamides is 1. The molecule has 4 N–H and O–H groups in total. The van der Waals surface area contributed by atoms with Gasteiger partial charge in [-0.2, -0.15) is 5.10 Å². The third-order valence-electron chi connectivity index (χ3n) is 3.83. The molecule has 1 aliphatic heterocycles. The molecule has 1 saturated heterocycles. The van der Waals surface area contributed by atoms with Crippen molar-refractivity contribution in [3.05, 3.63) is 11.3 Å². The topological polar surface area (TPSA) is 104 Å². The first kappa shape index (κ1) is 16.4. The van der Waals surface area contributed by atoms with Crippen LogP contribution in [0.4, 0.5) is 0 Å². The molecule has 1 unspecified atom stereocenters. The summed E-state index contributed by atoms with van der Waals surface area (Å²) in [6.07, 6.45) is 3.65. The van der Waals surface area contributed by atoms with Crippen LogP contribution >= 0.6 is 0 Å². The van der Waals surface area contributed by atoms with E-state index >= 15 is 0 Å². The molecule has 21 heavy (non-hydrogen) atoms. The van der Waals surface area contributed by atoms with E-state index in [0.717, 1.165) is 19.6 Å². The Morgan fingerprint density at radius 3 is 2.67 bits per heavy atom. The minimum absolute atomic E-state index is 0.0213. The van der Waals surface area contributed by atoms with Crippen LogP contribution in [0.1, 0.15) is 37.4 Å². The average Bonchev–Trinajstić information content (AvgIpc) is 2.81. The van der Waals surface area contributed by atoms with Gasteiger partial charge in [-0.25, -0.2) is 13.1 Å². The SMILES string of the molecule is Cc1[nH]nc(S(=O)(=O)NC(C)CN2CCCCC2)c1CN. The maximum absolute atomic E-state index is 12.4. The van der Waals surface area contributed by atoms with Gasteiger partial charge in [0.2, 0.25) is 0 Å². The van der Waals surface area contributed by atoms with Crippen molar-refractivity contribution in [2.75, 3.05) is 19.6 Å². The van der Waals surface area contributed by atoms with Crippen LogP contribution in [0.15, 0.2) is 5.03 Å². The van der Waals surface area contributed by atoms with E-state index in [-0.39, 0.29) is 17.6 Å². The van der Waals surface area contributed by atoms with Crippen LogP contribution in [-0.4, -0.2) is 49.2 Å². The maximum Gasteiger partial charge on any atom is 0.260 e. The highest BCUT2D eigenvalue weighted by molar-refractivity contribution is 7.89. The molecule has 2 rings (SSSR count). The molecule has 8 heteroatoms. The van der Waals surface area contributed by atoms with Crippen molar-refractivity contribution < 1.29 is 8.42 Å². The summed E-state index contributed by atoms with van der Waals surface area (Å²) in [6, 6.07) is -0.157. The van der Waals surface area contributed by atoms with Gasteiger partial charge in [0.15, 0.2) is 5.03 Å². The van der Waals surface area contributed by atoms with Crippen LogP contribution in [0.25, 0.3) is 0 Å². The fourth-order valence-corrected chi connectivity index (χ4v) is 4.22. The van der Waals surface area contributed by atoms with E-state index in [2.05, 4.69) is 19.8 Å². The molecule has 0 amide bonds. The fraction of sp³-hybridized carbons (Fsp3) is 0.769. The summed E-state index contributed by atoms with van der Waals surface area (Å²) in [5.41, 5.74) is 6.86. The Hall–Kier alpha value is -0.960. The zero-order valence-electron chi connectivity index (χ0n) is 12.7. The zero-order chi connectivity index (χ0) is 15.5. The van der Waals surface area contributed by atoms with Gasteiger partial charge in [0.25, 0.3) is 10.0 Å². The van der Waals surface area contributed by atoms with Gasteiger partial charge in [0, 0.05) is 30.4 Å². The molecule has 1 aromatic rings. The van der Waals surface area contributed by atoms with Crippen molar-refractivity contribution in [3.8, 4) is 0 Å². The maximum atomic E-state index is 12.4. The number of nitrogens with one attached hydrogen (secondary N) is 2. The summed E-state index contributed by atoms with van der Waals surface area (Å²) < 4.78 is 27.5. The Morgan fingerprint density at radius 2 is 2.05 bits per heavy atom. The summed E-state index contributed by atoms with van der Waals surface area (Å²) in [5.74, 6) is 0. The molecule has 1 aliphatic rings. The van der Waals surface area contributed by atoms with Crippen molar-refractivity contribution in [1.82, 2.24) is 19.8 Å². The number of nitrogens with zero attached hydrogens (tertiary/aromatic N) is 2. The quantitative estimate of drug-likeness (QED) is 0.702. The highest BCUT2D eigenvalue weighted by Gasteiger charge is 2.25. The van der Waals surface area contributed by atoms with Crippen molar-refractivity contribution in [1.29, 1.82) is 0 Å². The van der Waals surface area contributed by atoms with Gasteiger partial charge in [-0.15, -0.1) is 0 Å². The Morgan fingerprint density at radius 1 is 1.38 bits per heavy atom. The number of aromatic nitrogens is 2. The van der Waals surface area contributed by atoms with Gasteiger partial charge in [-0.1, -0.05) is 6.42 Å². The van der Waals surface area contributed by atoms with E-state index in [1.165, 1.54) is 19.3 Å². The predicted molar refractivity (Wildman–Crippen MR) is 81.3 cm³/mol. The minimum Gasteiger partial charge on any atom is -0.326 e. The third kappa shape index (κ3) is 4.03. The van der Waals surface area contributed by atoms with E-state index in [0.29, 0.717) is 11.3 Å². The normalized spacial score (nSPS) is 18.8. The largest absolute Gasteiger partial charge is 0.326 e. The zero-order valence-corrected chi connectivity index (χ0v) is 13.5. The van der Waals surface area contributed by atoms with Crippen molar-refractivity contribution >= 4 is 10.0 Å². The predicted octanol–water partition coefficient (Wildman–Crippen LogP) is 0.330.